The lowest BCUT2D eigenvalue weighted by atomic mass is 10.0. The molecule has 0 spiro atoms. The molecule has 0 unspecified atom stereocenters. The number of nitrogens with one attached hydrogen (secondary N) is 1. The highest BCUT2D eigenvalue weighted by atomic mass is 35.5. The number of hydrogen-bond acceptors (Lipinski definition) is 3. The highest BCUT2D eigenvalue weighted by Crippen LogP contribution is 2.28. The first-order chi connectivity index (χ1) is 13.5. The van der Waals surface area contributed by atoms with Crippen molar-refractivity contribution in [3.63, 3.8) is 0 Å². The normalized spacial score (nSPS) is 11.5. The number of esters is 1. The van der Waals surface area contributed by atoms with Gasteiger partial charge in [0.25, 0.3) is 5.91 Å². The summed E-state index contributed by atoms with van der Waals surface area (Å²) in [6.07, 6.45) is -1.15. The van der Waals surface area contributed by atoms with Crippen LogP contribution in [0.5, 0.6) is 0 Å². The first-order valence-corrected chi connectivity index (χ1v) is 8.95. The zero-order valence-electron chi connectivity index (χ0n) is 15.0. The molecule has 3 aromatic rings. The van der Waals surface area contributed by atoms with E-state index in [1.165, 1.54) is 19.1 Å². The van der Waals surface area contributed by atoms with E-state index in [1.807, 2.05) is 42.5 Å². The van der Waals surface area contributed by atoms with Gasteiger partial charge in [-0.2, -0.15) is 0 Å². The van der Waals surface area contributed by atoms with E-state index in [0.29, 0.717) is 5.69 Å². The van der Waals surface area contributed by atoms with E-state index >= 15 is 0 Å². The maximum absolute atomic E-state index is 13.9. The number of amides is 1. The minimum atomic E-state index is -1.15. The molecular weight excluding hydrogens is 381 g/mol. The maximum Gasteiger partial charge on any atom is 0.343 e. The number of halogens is 2. The summed E-state index contributed by atoms with van der Waals surface area (Å²) in [5.41, 5.74) is 1.94. The molecule has 28 heavy (non-hydrogen) atoms. The number of carbonyl (C=O) groups is 2. The molecule has 3 rings (SSSR count). The zero-order valence-corrected chi connectivity index (χ0v) is 15.7. The van der Waals surface area contributed by atoms with Crippen LogP contribution in [0.1, 0.15) is 17.3 Å². The quantitative estimate of drug-likeness (QED) is 0.592. The molecule has 6 heteroatoms. The second kappa shape index (κ2) is 8.67. The highest BCUT2D eigenvalue weighted by molar-refractivity contribution is 6.33. The average Bonchev–Trinajstić information content (AvgIpc) is 2.69. The van der Waals surface area contributed by atoms with Crippen molar-refractivity contribution in [2.75, 3.05) is 5.32 Å². The van der Waals surface area contributed by atoms with E-state index in [2.05, 4.69) is 5.32 Å². The summed E-state index contributed by atoms with van der Waals surface area (Å²) in [6.45, 7) is 1.41. The van der Waals surface area contributed by atoms with Crippen LogP contribution >= 0.6 is 11.6 Å². The molecule has 0 aromatic heterocycles. The van der Waals surface area contributed by atoms with Gasteiger partial charge in [0.05, 0.1) is 5.02 Å². The predicted molar refractivity (Wildman–Crippen MR) is 107 cm³/mol. The van der Waals surface area contributed by atoms with Crippen LogP contribution < -0.4 is 5.32 Å². The predicted octanol–water partition coefficient (Wildman–Crippen LogP) is 5.33. The summed E-state index contributed by atoms with van der Waals surface area (Å²) in [5, 5.41) is 2.68. The van der Waals surface area contributed by atoms with Crippen LogP contribution in [-0.4, -0.2) is 18.0 Å². The molecule has 1 amide bonds. The molecule has 0 aliphatic carbocycles. The van der Waals surface area contributed by atoms with E-state index in [1.54, 1.807) is 12.1 Å². The van der Waals surface area contributed by atoms with Crippen LogP contribution in [0.4, 0.5) is 10.1 Å². The Kier molecular flexibility index (Phi) is 6.06. The average molecular weight is 398 g/mol. The monoisotopic (exact) mass is 397 g/mol. The number of ether oxygens (including phenoxy) is 1. The molecule has 142 valence electrons. The molecule has 1 N–H and O–H groups in total. The second-order valence-electron chi connectivity index (χ2n) is 6.05. The first kappa shape index (κ1) is 19.6. The molecule has 0 bridgehead atoms. The third-order valence-electron chi connectivity index (χ3n) is 4.09. The smallest absolute Gasteiger partial charge is 0.343 e. The van der Waals surface area contributed by atoms with Gasteiger partial charge in [0.1, 0.15) is 11.4 Å². The van der Waals surface area contributed by atoms with Crippen molar-refractivity contribution in [3.05, 3.63) is 89.2 Å². The molecule has 0 saturated carbocycles. The van der Waals surface area contributed by atoms with Gasteiger partial charge in [-0.05, 0) is 30.7 Å². The summed E-state index contributed by atoms with van der Waals surface area (Å²) >= 11 is 5.86. The van der Waals surface area contributed by atoms with E-state index in [4.69, 9.17) is 16.3 Å². The van der Waals surface area contributed by atoms with Gasteiger partial charge in [0, 0.05) is 11.3 Å². The maximum atomic E-state index is 13.9. The molecule has 0 saturated heterocycles. The van der Waals surface area contributed by atoms with Gasteiger partial charge in [-0.25, -0.2) is 9.18 Å². The van der Waals surface area contributed by atoms with Gasteiger partial charge in [-0.3, -0.25) is 4.79 Å². The van der Waals surface area contributed by atoms with Gasteiger partial charge in [-0.1, -0.05) is 66.2 Å². The fourth-order valence-corrected chi connectivity index (χ4v) is 2.90. The third-order valence-corrected chi connectivity index (χ3v) is 4.40. The van der Waals surface area contributed by atoms with E-state index in [-0.39, 0.29) is 5.02 Å². The van der Waals surface area contributed by atoms with Crippen molar-refractivity contribution in [3.8, 4) is 11.1 Å². The number of carbonyl (C=O) groups excluding carboxylic acids is 2. The van der Waals surface area contributed by atoms with Gasteiger partial charge >= 0.3 is 5.97 Å². The van der Waals surface area contributed by atoms with Crippen molar-refractivity contribution in [2.45, 2.75) is 13.0 Å². The Labute approximate surface area is 166 Å². The first-order valence-electron chi connectivity index (χ1n) is 8.57. The third kappa shape index (κ3) is 4.38. The van der Waals surface area contributed by atoms with Crippen LogP contribution in [0, 0.1) is 5.82 Å². The standard InChI is InChI=1S/C22H17ClFNO3/c1-14(28-22(27)20-17(23)11-7-12-18(20)24)21(26)25-19-13-6-5-10-16(19)15-8-3-2-4-9-15/h2-14H,1H3,(H,25,26)/t14-/m0/s1. The van der Waals surface area contributed by atoms with Gasteiger partial charge in [0.2, 0.25) is 0 Å². The van der Waals surface area contributed by atoms with E-state index in [9.17, 15) is 14.0 Å². The van der Waals surface area contributed by atoms with Crippen molar-refractivity contribution < 1.29 is 18.7 Å². The lowest BCUT2D eigenvalue weighted by Crippen LogP contribution is -2.30. The Balaban J connectivity index is 1.75. The van der Waals surface area contributed by atoms with Crippen molar-refractivity contribution in [2.24, 2.45) is 0 Å². The van der Waals surface area contributed by atoms with Gasteiger partial charge < -0.3 is 10.1 Å². The lowest BCUT2D eigenvalue weighted by molar-refractivity contribution is -0.123. The largest absolute Gasteiger partial charge is 0.449 e. The Hall–Kier alpha value is -3.18. The number of anilines is 1. The summed E-state index contributed by atoms with van der Waals surface area (Å²) in [7, 11) is 0. The minimum absolute atomic E-state index is 0.0768. The Morgan fingerprint density at radius 1 is 0.964 bits per heavy atom. The fourth-order valence-electron chi connectivity index (χ4n) is 2.66. The van der Waals surface area contributed by atoms with Crippen molar-refractivity contribution in [1.29, 1.82) is 0 Å². The minimum Gasteiger partial charge on any atom is -0.449 e. The van der Waals surface area contributed by atoms with Crippen LogP contribution in [0.3, 0.4) is 0 Å². The molecule has 3 aromatic carbocycles. The molecule has 0 fully saturated rings. The lowest BCUT2D eigenvalue weighted by Gasteiger charge is -2.16. The van der Waals surface area contributed by atoms with E-state index < -0.39 is 29.4 Å². The zero-order chi connectivity index (χ0) is 20.1. The molecule has 4 nitrogen and oxygen atoms in total. The molecule has 0 aliphatic rings. The fraction of sp³-hybridized carbons (Fsp3) is 0.0909. The van der Waals surface area contributed by atoms with Gasteiger partial charge in [-0.15, -0.1) is 0 Å². The van der Waals surface area contributed by atoms with Gasteiger partial charge in [0.15, 0.2) is 6.10 Å². The second-order valence-corrected chi connectivity index (χ2v) is 6.45. The van der Waals surface area contributed by atoms with Crippen molar-refractivity contribution >= 4 is 29.2 Å². The summed E-state index contributed by atoms with van der Waals surface area (Å²) < 4.78 is 19.0. The Bertz CT molecular complexity index is 987. The molecule has 0 aliphatic heterocycles. The van der Waals surface area contributed by atoms with Crippen LogP contribution in [-0.2, 0) is 9.53 Å². The number of benzene rings is 3. The Morgan fingerprint density at radius 3 is 2.36 bits per heavy atom. The highest BCUT2D eigenvalue weighted by Gasteiger charge is 2.23. The molecule has 0 heterocycles. The summed E-state index contributed by atoms with van der Waals surface area (Å²) in [4.78, 5) is 24.7. The number of para-hydroxylation sites is 1. The van der Waals surface area contributed by atoms with Crippen LogP contribution in [0.25, 0.3) is 11.1 Å². The molecule has 1 atom stereocenters. The topological polar surface area (TPSA) is 55.4 Å². The van der Waals surface area contributed by atoms with Crippen LogP contribution in [0.2, 0.25) is 5.02 Å². The Morgan fingerprint density at radius 2 is 1.64 bits per heavy atom. The number of hydrogen-bond donors (Lipinski definition) is 1. The summed E-state index contributed by atoms with van der Waals surface area (Å²) in [5.74, 6) is -2.34. The number of rotatable bonds is 5. The van der Waals surface area contributed by atoms with E-state index in [0.717, 1.165) is 17.2 Å². The summed E-state index contributed by atoms with van der Waals surface area (Å²) in [6, 6.07) is 20.7. The molecular formula is C22H17ClFNO3. The van der Waals surface area contributed by atoms with Crippen LogP contribution in [0.15, 0.2) is 72.8 Å². The molecule has 0 radical (unpaired) electrons. The van der Waals surface area contributed by atoms with Crippen molar-refractivity contribution in [1.82, 2.24) is 0 Å². The SMILES string of the molecule is C[C@H](OC(=O)c1c(F)cccc1Cl)C(=O)Nc1ccccc1-c1ccccc1.